The normalized spacial score (nSPS) is 14.0. The Hall–Kier alpha value is -3.00. The van der Waals surface area contributed by atoms with Crippen molar-refractivity contribution in [3.05, 3.63) is 79.4 Å². The fourth-order valence-corrected chi connectivity index (χ4v) is 3.80. The number of nitrogens with zero attached hydrogens (tertiary/aromatic N) is 3. The Morgan fingerprint density at radius 3 is 2.81 bits per heavy atom. The highest BCUT2D eigenvalue weighted by molar-refractivity contribution is 7.07. The molecule has 0 amide bonds. The van der Waals surface area contributed by atoms with Crippen LogP contribution in [0.1, 0.15) is 5.56 Å². The predicted octanol–water partition coefficient (Wildman–Crippen LogP) is 2.08. The van der Waals surface area contributed by atoms with E-state index in [-0.39, 0.29) is 18.9 Å². The predicted molar refractivity (Wildman–Crippen MR) is 99.6 cm³/mol. The molecule has 1 aromatic heterocycles. The molecule has 5 nitrogen and oxygen atoms in total. The number of rotatable bonds is 3. The number of fused-ring (bicyclic) bond motifs is 1. The second-order valence-electron chi connectivity index (χ2n) is 5.98. The van der Waals surface area contributed by atoms with Gasteiger partial charge in [-0.2, -0.15) is 0 Å². The van der Waals surface area contributed by atoms with Crippen molar-refractivity contribution in [3.8, 4) is 5.75 Å². The monoisotopic (exact) mass is 387 g/mol. The number of halogens is 2. The molecule has 0 aliphatic carbocycles. The quantitative estimate of drug-likeness (QED) is 0.691. The van der Waals surface area contributed by atoms with Crippen LogP contribution in [0.2, 0.25) is 0 Å². The molecule has 0 unspecified atom stereocenters. The first-order valence-electron chi connectivity index (χ1n) is 8.15. The van der Waals surface area contributed by atoms with Gasteiger partial charge >= 0.3 is 0 Å². The van der Waals surface area contributed by atoms with E-state index in [0.717, 1.165) is 17.7 Å². The number of hydrogen-bond acceptors (Lipinski definition) is 5. The van der Waals surface area contributed by atoms with Crippen molar-refractivity contribution < 1.29 is 13.5 Å². The topological polar surface area (TPSA) is 46.8 Å². The Kier molecular flexibility index (Phi) is 4.49. The number of ether oxygens (including phenoxy) is 1. The van der Waals surface area contributed by atoms with Gasteiger partial charge in [-0.3, -0.25) is 9.36 Å². The van der Waals surface area contributed by atoms with E-state index in [0.29, 0.717) is 20.8 Å². The van der Waals surface area contributed by atoms with Crippen LogP contribution < -0.4 is 24.5 Å². The van der Waals surface area contributed by atoms with Crippen LogP contribution in [-0.2, 0) is 6.67 Å². The summed E-state index contributed by atoms with van der Waals surface area (Å²) >= 11 is 1.30. The van der Waals surface area contributed by atoms with Crippen LogP contribution in [-0.4, -0.2) is 18.3 Å². The van der Waals surface area contributed by atoms with Gasteiger partial charge in [0.15, 0.2) is 16.4 Å². The zero-order valence-electron chi connectivity index (χ0n) is 14.4. The van der Waals surface area contributed by atoms with E-state index in [4.69, 9.17) is 4.74 Å². The van der Waals surface area contributed by atoms with E-state index in [1.165, 1.54) is 22.0 Å². The Morgan fingerprint density at radius 1 is 1.19 bits per heavy atom. The Balaban J connectivity index is 1.70. The van der Waals surface area contributed by atoms with Gasteiger partial charge in [-0.25, -0.2) is 13.8 Å². The van der Waals surface area contributed by atoms with Crippen LogP contribution in [0, 0.1) is 11.6 Å². The fraction of sp³-hybridized carbons (Fsp3) is 0.158. The molecule has 4 rings (SSSR count). The lowest BCUT2D eigenvalue weighted by atomic mass is 10.2. The molecule has 138 valence electrons. The van der Waals surface area contributed by atoms with Crippen molar-refractivity contribution in [2.24, 2.45) is 4.99 Å². The van der Waals surface area contributed by atoms with Crippen molar-refractivity contribution in [2.75, 3.05) is 18.7 Å². The molecule has 8 heteroatoms. The second-order valence-corrected chi connectivity index (χ2v) is 6.99. The first-order valence-corrected chi connectivity index (χ1v) is 8.97. The highest BCUT2D eigenvalue weighted by atomic mass is 32.1. The van der Waals surface area contributed by atoms with Crippen LogP contribution in [0.5, 0.6) is 5.75 Å². The largest absolute Gasteiger partial charge is 0.497 e. The molecule has 0 saturated carbocycles. The summed E-state index contributed by atoms with van der Waals surface area (Å²) in [5, 5.41) is 0. The van der Waals surface area contributed by atoms with Gasteiger partial charge < -0.3 is 9.64 Å². The average Bonchev–Trinajstić information content (AvgIpc) is 2.99. The molecule has 0 saturated heterocycles. The van der Waals surface area contributed by atoms with Crippen molar-refractivity contribution >= 4 is 23.1 Å². The third-order valence-electron chi connectivity index (χ3n) is 4.24. The first-order chi connectivity index (χ1) is 13.0. The maximum absolute atomic E-state index is 13.5. The molecule has 27 heavy (non-hydrogen) atoms. The fourth-order valence-electron chi connectivity index (χ4n) is 2.84. The van der Waals surface area contributed by atoms with Crippen molar-refractivity contribution in [1.29, 1.82) is 0 Å². The summed E-state index contributed by atoms with van der Waals surface area (Å²) in [5.41, 5.74) is 1.15. The molecule has 3 aromatic rings. The summed E-state index contributed by atoms with van der Waals surface area (Å²) in [6, 6.07) is 11.1. The van der Waals surface area contributed by atoms with Crippen LogP contribution in [0.15, 0.2) is 52.3 Å². The molecule has 0 bridgehead atoms. The second kappa shape index (κ2) is 6.96. The Morgan fingerprint density at radius 2 is 2.04 bits per heavy atom. The Labute approximate surface area is 157 Å². The van der Waals surface area contributed by atoms with Crippen molar-refractivity contribution in [2.45, 2.75) is 6.67 Å². The van der Waals surface area contributed by atoms with E-state index in [9.17, 15) is 13.6 Å². The first kappa shape index (κ1) is 17.4. The van der Waals surface area contributed by atoms with Gasteiger partial charge in [-0.15, -0.1) is 0 Å². The third kappa shape index (κ3) is 3.35. The van der Waals surface area contributed by atoms with E-state index in [1.54, 1.807) is 18.1 Å². The molecular formula is C19H15F2N3O2S. The maximum atomic E-state index is 13.5. The molecule has 1 aliphatic heterocycles. The van der Waals surface area contributed by atoms with Crippen LogP contribution in [0.3, 0.4) is 0 Å². The van der Waals surface area contributed by atoms with E-state index in [1.807, 2.05) is 24.3 Å². The molecule has 0 radical (unpaired) electrons. The van der Waals surface area contributed by atoms with Gasteiger partial charge in [0.05, 0.1) is 11.6 Å². The number of thiazole rings is 1. The minimum Gasteiger partial charge on any atom is -0.497 e. The summed E-state index contributed by atoms with van der Waals surface area (Å²) in [7, 11) is 1.59. The summed E-state index contributed by atoms with van der Waals surface area (Å²) in [5.74, 6) is -1.13. The molecular weight excluding hydrogens is 372 g/mol. The molecule has 0 atom stereocenters. The summed E-state index contributed by atoms with van der Waals surface area (Å²) < 4.78 is 33.9. The van der Waals surface area contributed by atoms with Crippen molar-refractivity contribution in [3.63, 3.8) is 0 Å². The molecule has 2 aromatic carbocycles. The van der Waals surface area contributed by atoms with E-state index >= 15 is 0 Å². The number of benzene rings is 2. The van der Waals surface area contributed by atoms with Crippen LogP contribution in [0.25, 0.3) is 6.08 Å². The number of methoxy groups -OCH3 is 1. The zero-order chi connectivity index (χ0) is 19.0. The van der Waals surface area contributed by atoms with Gasteiger partial charge in [-0.1, -0.05) is 23.5 Å². The summed E-state index contributed by atoms with van der Waals surface area (Å²) in [6.07, 6.45) is 1.79. The minimum absolute atomic E-state index is 0.172. The van der Waals surface area contributed by atoms with Gasteiger partial charge in [0, 0.05) is 11.8 Å². The standard InChI is InChI=1S/C19H15F2N3O2S/c1-26-14-4-2-3-12(7-14)8-17-18(25)24-11-23(10-22-19(24)27-17)13-5-6-15(20)16(21)9-13/h2-9H,10-11H2,1H3. The molecule has 1 aliphatic rings. The maximum Gasteiger partial charge on any atom is 0.271 e. The van der Waals surface area contributed by atoms with Gasteiger partial charge in [0.25, 0.3) is 5.56 Å². The SMILES string of the molecule is COc1cccc(C=c2sc3n(c2=O)CN(c2ccc(F)c(F)c2)CN=3)c1. The van der Waals surface area contributed by atoms with Crippen LogP contribution >= 0.6 is 11.3 Å². The minimum atomic E-state index is -0.928. The molecule has 0 spiro atoms. The van der Waals surface area contributed by atoms with E-state index in [2.05, 4.69) is 4.99 Å². The smallest absolute Gasteiger partial charge is 0.271 e. The third-order valence-corrected chi connectivity index (χ3v) is 5.28. The molecule has 0 N–H and O–H groups in total. The number of anilines is 1. The number of hydrogen-bond donors (Lipinski definition) is 0. The van der Waals surface area contributed by atoms with E-state index < -0.39 is 11.6 Å². The van der Waals surface area contributed by atoms with Crippen LogP contribution in [0.4, 0.5) is 14.5 Å². The van der Waals surface area contributed by atoms with Crippen molar-refractivity contribution in [1.82, 2.24) is 4.57 Å². The highest BCUT2D eigenvalue weighted by Crippen LogP contribution is 2.19. The van der Waals surface area contributed by atoms with Gasteiger partial charge in [-0.05, 0) is 35.9 Å². The lowest BCUT2D eigenvalue weighted by Crippen LogP contribution is -2.42. The van der Waals surface area contributed by atoms with Gasteiger partial charge in [0.1, 0.15) is 19.1 Å². The lowest BCUT2D eigenvalue weighted by molar-refractivity contribution is 0.414. The molecule has 2 heterocycles. The average molecular weight is 387 g/mol. The molecule has 0 fully saturated rings. The van der Waals surface area contributed by atoms with Gasteiger partial charge in [0.2, 0.25) is 0 Å². The summed E-state index contributed by atoms with van der Waals surface area (Å²) in [6.45, 7) is 0.495. The Bertz CT molecular complexity index is 1190. The zero-order valence-corrected chi connectivity index (χ0v) is 15.2. The highest BCUT2D eigenvalue weighted by Gasteiger charge is 2.17. The number of aromatic nitrogens is 1. The summed E-state index contributed by atoms with van der Waals surface area (Å²) in [4.78, 5) is 19.5. The lowest BCUT2D eigenvalue weighted by Gasteiger charge is -2.25.